The van der Waals surface area contributed by atoms with Crippen molar-refractivity contribution in [3.63, 3.8) is 0 Å². The van der Waals surface area contributed by atoms with E-state index in [0.29, 0.717) is 0 Å². The third-order valence-electron chi connectivity index (χ3n) is 2.36. The van der Waals surface area contributed by atoms with Crippen LogP contribution in [0.15, 0.2) is 28.7 Å². The zero-order valence-corrected chi connectivity index (χ0v) is 12.0. The predicted molar refractivity (Wildman–Crippen MR) is 72.2 cm³/mol. The van der Waals surface area contributed by atoms with Gasteiger partial charge in [-0.05, 0) is 12.1 Å². The monoisotopic (exact) mass is 314 g/mol. The second-order valence-electron chi connectivity index (χ2n) is 4.06. The molecule has 0 aliphatic carbocycles. The number of hydrogen-bond donors (Lipinski definition) is 3. The summed E-state index contributed by atoms with van der Waals surface area (Å²) in [6.07, 6.45) is 0. The molecule has 1 atom stereocenters. The predicted octanol–water partition coefficient (Wildman–Crippen LogP) is -0.0806. The van der Waals surface area contributed by atoms with Crippen molar-refractivity contribution < 1.29 is 14.5 Å². The molecule has 6 heteroatoms. The summed E-state index contributed by atoms with van der Waals surface area (Å²) >= 11 is 3.37. The van der Waals surface area contributed by atoms with Crippen LogP contribution in [0.1, 0.15) is 5.56 Å². The summed E-state index contributed by atoms with van der Waals surface area (Å²) in [5.74, 6) is -0.288. The van der Waals surface area contributed by atoms with Gasteiger partial charge in [-0.15, -0.1) is 0 Å². The minimum absolute atomic E-state index is 0.253. The Bertz CT molecular complexity index is 420. The van der Waals surface area contributed by atoms with Crippen LogP contribution in [0.4, 0.5) is 4.79 Å². The average molecular weight is 315 g/mol. The normalized spacial score (nSPS) is 11.7. The fourth-order valence-corrected chi connectivity index (χ4v) is 1.78. The number of hydrogen-bond acceptors (Lipinski definition) is 2. The number of rotatable bonds is 4. The molecule has 0 heterocycles. The lowest BCUT2D eigenvalue weighted by atomic mass is 10.2. The van der Waals surface area contributed by atoms with Crippen molar-refractivity contribution in [1.29, 1.82) is 0 Å². The van der Waals surface area contributed by atoms with Crippen LogP contribution in [0.3, 0.4) is 0 Å². The molecule has 5 nitrogen and oxygen atoms in total. The van der Waals surface area contributed by atoms with Crippen molar-refractivity contribution in [2.75, 3.05) is 20.6 Å². The Labute approximate surface area is 115 Å². The third kappa shape index (κ3) is 5.29. The number of likely N-dealkylation sites (N-methyl/N-ethyl adjacent to an activating group) is 1. The molecule has 1 unspecified atom stereocenters. The summed E-state index contributed by atoms with van der Waals surface area (Å²) in [5.41, 5.74) is 1.14. The number of quaternary nitrogens is 1. The molecule has 0 aliphatic heterocycles. The molecule has 0 saturated heterocycles. The molecular weight excluding hydrogens is 298 g/mol. The Morgan fingerprint density at radius 2 is 1.89 bits per heavy atom. The molecule has 1 rings (SSSR count). The molecule has 0 aromatic heterocycles. The molecule has 1 aromatic rings. The summed E-state index contributed by atoms with van der Waals surface area (Å²) in [6.45, 7) is 0.984. The first-order valence-corrected chi connectivity index (χ1v) is 6.38. The first kappa shape index (κ1) is 14.7. The summed E-state index contributed by atoms with van der Waals surface area (Å²) in [5, 5.41) is 4.58. The molecule has 0 radical (unpaired) electrons. The largest absolute Gasteiger partial charge is 0.341 e. The fraction of sp³-hybridized carbons (Fsp3) is 0.333. The van der Waals surface area contributed by atoms with E-state index in [1.807, 2.05) is 31.3 Å². The van der Waals surface area contributed by atoms with Crippen LogP contribution in [0, 0.1) is 0 Å². The minimum Gasteiger partial charge on any atom is -0.341 e. The van der Waals surface area contributed by atoms with Gasteiger partial charge in [-0.2, -0.15) is 0 Å². The third-order valence-corrected chi connectivity index (χ3v) is 2.89. The summed E-state index contributed by atoms with van der Waals surface area (Å²) in [4.78, 5) is 23.4. The number of benzene rings is 1. The number of imide groups is 1. The van der Waals surface area contributed by atoms with Crippen molar-refractivity contribution in [2.24, 2.45) is 0 Å². The Balaban J connectivity index is 2.41. The van der Waals surface area contributed by atoms with Crippen LogP contribution in [-0.4, -0.2) is 32.6 Å². The smallest absolute Gasteiger partial charge is 0.321 e. The van der Waals surface area contributed by atoms with Gasteiger partial charge >= 0.3 is 6.03 Å². The second-order valence-corrected chi connectivity index (χ2v) is 4.98. The Morgan fingerprint density at radius 1 is 1.28 bits per heavy atom. The molecule has 0 saturated carbocycles. The van der Waals surface area contributed by atoms with Gasteiger partial charge < -0.3 is 10.2 Å². The van der Waals surface area contributed by atoms with E-state index in [9.17, 15) is 9.59 Å². The van der Waals surface area contributed by atoms with Gasteiger partial charge in [-0.3, -0.25) is 10.1 Å². The van der Waals surface area contributed by atoms with Gasteiger partial charge in [0.25, 0.3) is 5.91 Å². The van der Waals surface area contributed by atoms with E-state index in [-0.39, 0.29) is 12.5 Å². The molecule has 1 aromatic carbocycles. The number of carbonyl (C=O) groups is 2. The first-order chi connectivity index (χ1) is 8.51. The highest BCUT2D eigenvalue weighted by Gasteiger charge is 2.12. The van der Waals surface area contributed by atoms with Crippen molar-refractivity contribution in [3.05, 3.63) is 34.3 Å². The van der Waals surface area contributed by atoms with Crippen LogP contribution in [0.25, 0.3) is 0 Å². The van der Waals surface area contributed by atoms with Crippen molar-refractivity contribution in [2.45, 2.75) is 6.54 Å². The maximum Gasteiger partial charge on any atom is 0.321 e. The molecule has 0 bridgehead atoms. The molecule has 3 amide bonds. The molecule has 18 heavy (non-hydrogen) atoms. The number of halogens is 1. The van der Waals surface area contributed by atoms with E-state index in [1.54, 1.807) is 0 Å². The van der Waals surface area contributed by atoms with Gasteiger partial charge in [0.15, 0.2) is 6.54 Å². The van der Waals surface area contributed by atoms with Gasteiger partial charge in [-0.25, -0.2) is 4.79 Å². The second kappa shape index (κ2) is 7.13. The molecule has 0 spiro atoms. The number of amides is 3. The van der Waals surface area contributed by atoms with Crippen LogP contribution >= 0.6 is 15.9 Å². The van der Waals surface area contributed by atoms with Gasteiger partial charge in [0, 0.05) is 17.1 Å². The van der Waals surface area contributed by atoms with E-state index in [1.165, 1.54) is 7.05 Å². The van der Waals surface area contributed by atoms with Crippen LogP contribution in [-0.2, 0) is 11.3 Å². The van der Waals surface area contributed by atoms with Gasteiger partial charge in [-0.1, -0.05) is 28.1 Å². The lowest BCUT2D eigenvalue weighted by Gasteiger charge is -2.13. The minimum atomic E-state index is -0.476. The topological polar surface area (TPSA) is 62.6 Å². The van der Waals surface area contributed by atoms with Crippen molar-refractivity contribution in [3.8, 4) is 0 Å². The molecular formula is C12H17BrN3O2+. The SMILES string of the molecule is CNC(=O)NC(=O)C[NH+](C)Cc1ccc(Br)cc1. The Hall–Kier alpha value is -1.40. The molecule has 0 aliphatic rings. The van der Waals surface area contributed by atoms with Crippen molar-refractivity contribution in [1.82, 2.24) is 10.6 Å². The summed E-state index contributed by atoms with van der Waals surface area (Å²) in [6, 6.07) is 7.46. The Morgan fingerprint density at radius 3 is 2.44 bits per heavy atom. The number of carbonyl (C=O) groups excluding carboxylic acids is 2. The van der Waals surface area contributed by atoms with Crippen molar-refractivity contribution >= 4 is 27.9 Å². The summed E-state index contributed by atoms with van der Waals surface area (Å²) in [7, 11) is 3.38. The van der Waals surface area contributed by atoms with E-state index >= 15 is 0 Å². The average Bonchev–Trinajstić information content (AvgIpc) is 2.31. The summed E-state index contributed by atoms with van der Waals surface area (Å²) < 4.78 is 1.03. The number of nitrogens with one attached hydrogen (secondary N) is 3. The highest BCUT2D eigenvalue weighted by Crippen LogP contribution is 2.09. The van der Waals surface area contributed by atoms with E-state index in [0.717, 1.165) is 21.5 Å². The fourth-order valence-electron chi connectivity index (χ4n) is 1.52. The maximum atomic E-state index is 11.5. The quantitative estimate of drug-likeness (QED) is 0.728. The van der Waals surface area contributed by atoms with E-state index in [4.69, 9.17) is 0 Å². The van der Waals surface area contributed by atoms with Gasteiger partial charge in [0.1, 0.15) is 6.54 Å². The van der Waals surface area contributed by atoms with Gasteiger partial charge in [0.05, 0.1) is 7.05 Å². The molecule has 98 valence electrons. The highest BCUT2D eigenvalue weighted by molar-refractivity contribution is 9.10. The van der Waals surface area contributed by atoms with E-state index in [2.05, 4.69) is 26.6 Å². The molecule has 0 fully saturated rings. The maximum absolute atomic E-state index is 11.5. The zero-order valence-electron chi connectivity index (χ0n) is 10.4. The lowest BCUT2D eigenvalue weighted by Crippen LogP contribution is -3.09. The zero-order chi connectivity index (χ0) is 13.5. The standard InChI is InChI=1S/C12H16BrN3O2/c1-14-12(18)15-11(17)8-16(2)7-9-3-5-10(13)6-4-9/h3-6H,7-8H2,1-2H3,(H2,14,15,17,18)/p+1. The van der Waals surface area contributed by atoms with E-state index < -0.39 is 6.03 Å². The van der Waals surface area contributed by atoms with Crippen LogP contribution in [0.2, 0.25) is 0 Å². The van der Waals surface area contributed by atoms with Crippen LogP contribution < -0.4 is 15.5 Å². The molecule has 3 N–H and O–H groups in total. The Kier molecular flexibility index (Phi) is 5.80. The van der Waals surface area contributed by atoms with Gasteiger partial charge in [0.2, 0.25) is 0 Å². The van der Waals surface area contributed by atoms with Crippen LogP contribution in [0.5, 0.6) is 0 Å². The number of urea groups is 1. The highest BCUT2D eigenvalue weighted by atomic mass is 79.9. The first-order valence-electron chi connectivity index (χ1n) is 5.58. The lowest BCUT2D eigenvalue weighted by molar-refractivity contribution is -0.885.